The quantitative estimate of drug-likeness (QED) is 0.711. The van der Waals surface area contributed by atoms with Gasteiger partial charge in [-0.15, -0.1) is 6.58 Å². The minimum Gasteiger partial charge on any atom is -0.102 e. The van der Waals surface area contributed by atoms with Crippen LogP contribution in [0.3, 0.4) is 0 Å². The molecule has 0 nitrogen and oxygen atoms in total. The molecular formula is C10H9Br2. The van der Waals surface area contributed by atoms with Crippen molar-refractivity contribution in [2.24, 2.45) is 0 Å². The summed E-state index contributed by atoms with van der Waals surface area (Å²) in [5.74, 6) is 0.136. The van der Waals surface area contributed by atoms with Crippen LogP contribution in [0.2, 0.25) is 0 Å². The molecule has 1 radical (unpaired) electrons. The van der Waals surface area contributed by atoms with Gasteiger partial charge in [0.15, 0.2) is 0 Å². The molecule has 1 unspecified atom stereocenters. The molecule has 63 valence electrons. The van der Waals surface area contributed by atoms with E-state index in [1.807, 2.05) is 24.3 Å². The fourth-order valence-corrected chi connectivity index (χ4v) is 1.87. The first kappa shape index (κ1) is 10.0. The summed E-state index contributed by atoms with van der Waals surface area (Å²) < 4.78 is 2.11. The van der Waals surface area contributed by atoms with Crippen molar-refractivity contribution in [3.8, 4) is 0 Å². The second kappa shape index (κ2) is 4.24. The lowest BCUT2D eigenvalue weighted by Crippen LogP contribution is -1.90. The highest BCUT2D eigenvalue weighted by atomic mass is 79.9. The zero-order chi connectivity index (χ0) is 9.14. The average molecular weight is 289 g/mol. The van der Waals surface area contributed by atoms with Crippen LogP contribution in [0.15, 0.2) is 39.8 Å². The summed E-state index contributed by atoms with van der Waals surface area (Å²) in [5, 5.41) is 0. The largest absolute Gasteiger partial charge is 0.102 e. The Balaban J connectivity index is 3.15. The summed E-state index contributed by atoms with van der Waals surface area (Å²) in [6.07, 6.45) is 1.83. The topological polar surface area (TPSA) is 0 Å². The number of hydrogen-bond acceptors (Lipinski definition) is 0. The number of rotatable bonds is 2. The molecule has 0 amide bonds. The van der Waals surface area contributed by atoms with Crippen molar-refractivity contribution >= 4 is 31.9 Å². The zero-order valence-corrected chi connectivity index (χ0v) is 9.73. The molecule has 0 saturated carbocycles. The van der Waals surface area contributed by atoms with Crippen LogP contribution >= 0.6 is 31.9 Å². The third-order valence-electron chi connectivity index (χ3n) is 1.67. The van der Waals surface area contributed by atoms with Crippen LogP contribution in [0.25, 0.3) is 0 Å². The first-order chi connectivity index (χ1) is 5.66. The maximum absolute atomic E-state index is 3.96. The maximum Gasteiger partial charge on any atom is 0.0355 e. The van der Waals surface area contributed by atoms with E-state index < -0.39 is 0 Å². The molecule has 1 aromatic rings. The van der Waals surface area contributed by atoms with Gasteiger partial charge < -0.3 is 0 Å². The van der Waals surface area contributed by atoms with Gasteiger partial charge in [-0.05, 0) is 50.4 Å². The summed E-state index contributed by atoms with van der Waals surface area (Å²) in [4.78, 5) is 0. The molecule has 0 aromatic heterocycles. The van der Waals surface area contributed by atoms with Crippen molar-refractivity contribution in [1.29, 1.82) is 0 Å². The molecule has 1 rings (SSSR count). The third kappa shape index (κ3) is 1.99. The SMILES string of the molecule is [CH2]C(C=C)c1cccc(Br)c1Br. The minimum atomic E-state index is 0.136. The molecule has 0 aliphatic carbocycles. The van der Waals surface area contributed by atoms with E-state index in [9.17, 15) is 0 Å². The molecular weight excluding hydrogens is 280 g/mol. The van der Waals surface area contributed by atoms with Crippen molar-refractivity contribution in [2.75, 3.05) is 0 Å². The fraction of sp³-hybridized carbons (Fsp3) is 0.100. The Morgan fingerprint density at radius 1 is 1.33 bits per heavy atom. The number of halogens is 2. The van der Waals surface area contributed by atoms with E-state index in [0.29, 0.717) is 0 Å². The Morgan fingerprint density at radius 3 is 2.58 bits per heavy atom. The van der Waals surface area contributed by atoms with Gasteiger partial charge in [-0.2, -0.15) is 0 Å². The van der Waals surface area contributed by atoms with Gasteiger partial charge in [0.1, 0.15) is 0 Å². The molecule has 0 saturated heterocycles. The standard InChI is InChI=1S/C10H9Br2/c1-3-7(2)8-5-4-6-9(11)10(8)12/h3-7H,1-2H2. The smallest absolute Gasteiger partial charge is 0.0355 e. The van der Waals surface area contributed by atoms with Crippen molar-refractivity contribution in [3.05, 3.63) is 52.3 Å². The highest BCUT2D eigenvalue weighted by Gasteiger charge is 2.07. The normalized spacial score (nSPS) is 12.6. The van der Waals surface area contributed by atoms with Crippen LogP contribution in [0, 0.1) is 6.92 Å². The van der Waals surface area contributed by atoms with E-state index in [4.69, 9.17) is 0 Å². The monoisotopic (exact) mass is 287 g/mol. The number of benzene rings is 1. The predicted molar refractivity (Wildman–Crippen MR) is 60.1 cm³/mol. The lowest BCUT2D eigenvalue weighted by atomic mass is 10.0. The van der Waals surface area contributed by atoms with E-state index in [1.54, 1.807) is 0 Å². The first-order valence-corrected chi connectivity index (χ1v) is 5.15. The molecule has 0 aliphatic rings. The maximum atomic E-state index is 3.96. The summed E-state index contributed by atoms with van der Waals surface area (Å²) in [7, 11) is 0. The van der Waals surface area contributed by atoms with Crippen LogP contribution in [-0.2, 0) is 0 Å². The van der Waals surface area contributed by atoms with Gasteiger partial charge in [-0.25, -0.2) is 0 Å². The summed E-state index contributed by atoms with van der Waals surface area (Å²) in [6.45, 7) is 7.67. The average Bonchev–Trinajstić information content (AvgIpc) is 2.08. The van der Waals surface area contributed by atoms with Crippen LogP contribution in [0.1, 0.15) is 11.5 Å². The Kier molecular flexibility index (Phi) is 3.53. The van der Waals surface area contributed by atoms with Crippen LogP contribution in [0.4, 0.5) is 0 Å². The van der Waals surface area contributed by atoms with Gasteiger partial charge in [-0.1, -0.05) is 18.2 Å². The summed E-state index contributed by atoms with van der Waals surface area (Å²) >= 11 is 6.92. The van der Waals surface area contributed by atoms with Gasteiger partial charge in [0.25, 0.3) is 0 Å². The Labute approximate surface area is 89.9 Å². The van der Waals surface area contributed by atoms with Gasteiger partial charge in [0.05, 0.1) is 0 Å². The second-order valence-electron chi connectivity index (χ2n) is 2.49. The fourth-order valence-electron chi connectivity index (χ4n) is 0.934. The van der Waals surface area contributed by atoms with Gasteiger partial charge >= 0.3 is 0 Å². The second-order valence-corrected chi connectivity index (χ2v) is 4.13. The summed E-state index contributed by atoms with van der Waals surface area (Å²) in [5.41, 5.74) is 1.15. The minimum absolute atomic E-state index is 0.136. The van der Waals surface area contributed by atoms with Crippen molar-refractivity contribution in [1.82, 2.24) is 0 Å². The van der Waals surface area contributed by atoms with Gasteiger partial charge in [0.2, 0.25) is 0 Å². The molecule has 0 spiro atoms. The third-order valence-corrected chi connectivity index (χ3v) is 3.74. The summed E-state index contributed by atoms with van der Waals surface area (Å²) in [6, 6.07) is 6.02. The lowest BCUT2D eigenvalue weighted by molar-refractivity contribution is 1.07. The Hall–Kier alpha value is -0.0800. The highest BCUT2D eigenvalue weighted by Crippen LogP contribution is 2.31. The Morgan fingerprint density at radius 2 is 2.00 bits per heavy atom. The molecule has 0 fully saturated rings. The van der Waals surface area contributed by atoms with Gasteiger partial charge in [0, 0.05) is 14.9 Å². The van der Waals surface area contributed by atoms with Crippen LogP contribution in [0.5, 0.6) is 0 Å². The molecule has 2 heteroatoms. The Bertz CT molecular complexity index is 292. The molecule has 0 heterocycles. The van der Waals surface area contributed by atoms with Gasteiger partial charge in [-0.3, -0.25) is 0 Å². The zero-order valence-electron chi connectivity index (χ0n) is 6.56. The van der Waals surface area contributed by atoms with Crippen molar-refractivity contribution in [2.45, 2.75) is 5.92 Å². The van der Waals surface area contributed by atoms with Crippen molar-refractivity contribution in [3.63, 3.8) is 0 Å². The molecule has 0 N–H and O–H groups in total. The van der Waals surface area contributed by atoms with E-state index in [2.05, 4.69) is 45.4 Å². The lowest BCUT2D eigenvalue weighted by Gasteiger charge is -2.09. The highest BCUT2D eigenvalue weighted by molar-refractivity contribution is 9.13. The van der Waals surface area contributed by atoms with Crippen molar-refractivity contribution < 1.29 is 0 Å². The van der Waals surface area contributed by atoms with E-state index >= 15 is 0 Å². The predicted octanol–water partition coefficient (Wildman–Crippen LogP) is 4.32. The van der Waals surface area contributed by atoms with Crippen LogP contribution < -0.4 is 0 Å². The number of allylic oxidation sites excluding steroid dienone is 1. The first-order valence-electron chi connectivity index (χ1n) is 3.56. The van der Waals surface area contributed by atoms with E-state index in [-0.39, 0.29) is 5.92 Å². The molecule has 12 heavy (non-hydrogen) atoms. The molecule has 0 bridgehead atoms. The van der Waals surface area contributed by atoms with Crippen LogP contribution in [-0.4, -0.2) is 0 Å². The van der Waals surface area contributed by atoms with E-state index in [1.165, 1.54) is 0 Å². The van der Waals surface area contributed by atoms with E-state index in [0.717, 1.165) is 14.5 Å². The molecule has 1 aromatic carbocycles. The molecule has 0 aliphatic heterocycles. The molecule has 1 atom stereocenters. The number of hydrogen-bond donors (Lipinski definition) is 0.